The minimum atomic E-state index is 0.460. The van der Waals surface area contributed by atoms with Gasteiger partial charge in [-0.1, -0.05) is 6.92 Å². The molecule has 4 heteroatoms. The number of hydrogen-bond donors (Lipinski definition) is 1. The van der Waals surface area contributed by atoms with Crippen LogP contribution in [0.4, 0.5) is 5.82 Å². The van der Waals surface area contributed by atoms with Crippen LogP contribution in [0.15, 0.2) is 16.7 Å². The molecule has 1 atom stereocenters. The van der Waals surface area contributed by atoms with E-state index >= 15 is 0 Å². The van der Waals surface area contributed by atoms with Crippen molar-refractivity contribution < 1.29 is 0 Å². The molecule has 0 fully saturated rings. The van der Waals surface area contributed by atoms with Crippen molar-refractivity contribution in [1.82, 2.24) is 4.98 Å². The zero-order valence-corrected chi connectivity index (χ0v) is 11.8. The van der Waals surface area contributed by atoms with E-state index < -0.39 is 0 Å². The van der Waals surface area contributed by atoms with Crippen LogP contribution >= 0.6 is 27.7 Å². The Bertz CT molecular complexity index is 317. The molecule has 1 rings (SSSR count). The molecule has 2 nitrogen and oxygen atoms in total. The van der Waals surface area contributed by atoms with Gasteiger partial charge in [0.1, 0.15) is 5.82 Å². The average Bonchev–Trinajstić information content (AvgIpc) is 2.19. The smallest absolute Gasteiger partial charge is 0.129 e. The molecule has 0 aliphatic rings. The Labute approximate surface area is 104 Å². The van der Waals surface area contributed by atoms with Gasteiger partial charge in [0.15, 0.2) is 0 Å². The van der Waals surface area contributed by atoms with Crippen molar-refractivity contribution in [2.24, 2.45) is 0 Å². The lowest BCUT2D eigenvalue weighted by Crippen LogP contribution is -2.19. The van der Waals surface area contributed by atoms with Gasteiger partial charge in [0.25, 0.3) is 0 Å². The first-order valence-electron chi connectivity index (χ1n) is 5.10. The van der Waals surface area contributed by atoms with Gasteiger partial charge < -0.3 is 5.32 Å². The lowest BCUT2D eigenvalue weighted by molar-refractivity contribution is 0.898. The zero-order valence-electron chi connectivity index (χ0n) is 9.38. The Hall–Kier alpha value is -0.220. The first-order valence-corrected chi connectivity index (χ1v) is 7.04. The van der Waals surface area contributed by atoms with E-state index in [1.807, 2.05) is 18.0 Å². The van der Waals surface area contributed by atoms with E-state index in [2.05, 4.69) is 53.1 Å². The Morgan fingerprint density at radius 1 is 1.60 bits per heavy atom. The van der Waals surface area contributed by atoms with Crippen LogP contribution in [0, 0.1) is 6.92 Å². The number of anilines is 1. The maximum absolute atomic E-state index is 4.36. The van der Waals surface area contributed by atoms with Crippen molar-refractivity contribution >= 4 is 33.5 Å². The number of aromatic nitrogens is 1. The average molecular weight is 289 g/mol. The molecule has 15 heavy (non-hydrogen) atoms. The lowest BCUT2D eigenvalue weighted by atomic mass is 10.2. The van der Waals surface area contributed by atoms with E-state index in [1.165, 1.54) is 11.3 Å². The van der Waals surface area contributed by atoms with Gasteiger partial charge in [-0.3, -0.25) is 0 Å². The first-order chi connectivity index (χ1) is 7.13. The minimum Gasteiger partial charge on any atom is -0.367 e. The van der Waals surface area contributed by atoms with Crippen LogP contribution in [0.25, 0.3) is 0 Å². The third-order valence-electron chi connectivity index (χ3n) is 2.00. The standard InChI is InChI=1S/C11H17BrN2S/c1-4-15-7-9(3)14-11-8(2)5-10(12)6-13-11/h5-6,9H,4,7H2,1-3H3,(H,13,14). The maximum Gasteiger partial charge on any atom is 0.129 e. The summed E-state index contributed by atoms with van der Waals surface area (Å²) in [4.78, 5) is 4.36. The predicted octanol–water partition coefficient (Wildman–Crippen LogP) is 3.71. The predicted molar refractivity (Wildman–Crippen MR) is 72.8 cm³/mol. The van der Waals surface area contributed by atoms with Crippen LogP contribution in [0.1, 0.15) is 19.4 Å². The summed E-state index contributed by atoms with van der Waals surface area (Å²) in [5, 5.41) is 3.42. The Morgan fingerprint density at radius 3 is 2.93 bits per heavy atom. The highest BCUT2D eigenvalue weighted by atomic mass is 79.9. The highest BCUT2D eigenvalue weighted by Gasteiger charge is 2.05. The van der Waals surface area contributed by atoms with Gasteiger partial charge in [0, 0.05) is 22.5 Å². The number of pyridine rings is 1. The number of nitrogens with one attached hydrogen (secondary N) is 1. The van der Waals surface area contributed by atoms with Crippen LogP contribution < -0.4 is 5.32 Å². The number of thioether (sulfide) groups is 1. The molecular weight excluding hydrogens is 272 g/mol. The van der Waals surface area contributed by atoms with Gasteiger partial charge in [-0.25, -0.2) is 4.98 Å². The van der Waals surface area contributed by atoms with Crippen LogP contribution in [0.3, 0.4) is 0 Å². The highest BCUT2D eigenvalue weighted by molar-refractivity contribution is 9.10. The maximum atomic E-state index is 4.36. The first kappa shape index (κ1) is 12.8. The van der Waals surface area contributed by atoms with Crippen molar-refractivity contribution in [1.29, 1.82) is 0 Å². The molecule has 0 bridgehead atoms. The van der Waals surface area contributed by atoms with Crippen molar-refractivity contribution in [2.45, 2.75) is 26.8 Å². The third kappa shape index (κ3) is 4.43. The summed E-state index contributed by atoms with van der Waals surface area (Å²) in [6.45, 7) is 6.44. The molecule has 0 radical (unpaired) electrons. The second-order valence-electron chi connectivity index (χ2n) is 3.52. The molecule has 0 saturated heterocycles. The molecule has 0 aliphatic carbocycles. The zero-order chi connectivity index (χ0) is 11.3. The number of aryl methyl sites for hydroxylation is 1. The molecule has 1 aromatic heterocycles. The van der Waals surface area contributed by atoms with E-state index in [1.54, 1.807) is 0 Å². The van der Waals surface area contributed by atoms with Gasteiger partial charge in [-0.15, -0.1) is 0 Å². The number of halogens is 1. The fourth-order valence-corrected chi connectivity index (χ4v) is 2.38. The van der Waals surface area contributed by atoms with Gasteiger partial charge in [0.2, 0.25) is 0 Å². The van der Waals surface area contributed by atoms with Crippen LogP contribution in [0.5, 0.6) is 0 Å². The van der Waals surface area contributed by atoms with Gasteiger partial charge in [-0.2, -0.15) is 11.8 Å². The molecule has 84 valence electrons. The second kappa shape index (κ2) is 6.38. The van der Waals surface area contributed by atoms with Gasteiger partial charge >= 0.3 is 0 Å². The molecule has 1 N–H and O–H groups in total. The number of hydrogen-bond acceptors (Lipinski definition) is 3. The molecule has 1 unspecified atom stereocenters. The molecule has 1 heterocycles. The van der Waals surface area contributed by atoms with E-state index in [4.69, 9.17) is 0 Å². The summed E-state index contributed by atoms with van der Waals surface area (Å²) in [6.07, 6.45) is 1.83. The lowest BCUT2D eigenvalue weighted by Gasteiger charge is -2.15. The van der Waals surface area contributed by atoms with Crippen molar-refractivity contribution in [3.05, 3.63) is 22.3 Å². The van der Waals surface area contributed by atoms with E-state index in [0.717, 1.165) is 16.0 Å². The quantitative estimate of drug-likeness (QED) is 0.894. The van der Waals surface area contributed by atoms with Gasteiger partial charge in [0.05, 0.1) is 0 Å². The molecule has 1 aromatic rings. The summed E-state index contributed by atoms with van der Waals surface area (Å²) < 4.78 is 1.03. The topological polar surface area (TPSA) is 24.9 Å². The summed E-state index contributed by atoms with van der Waals surface area (Å²) in [5.41, 5.74) is 1.18. The van der Waals surface area contributed by atoms with Crippen LogP contribution in [-0.4, -0.2) is 22.5 Å². The van der Waals surface area contributed by atoms with Gasteiger partial charge in [-0.05, 0) is 47.2 Å². The fourth-order valence-electron chi connectivity index (χ4n) is 1.26. The molecule has 0 saturated carbocycles. The van der Waals surface area contributed by atoms with E-state index in [-0.39, 0.29) is 0 Å². The third-order valence-corrected chi connectivity index (χ3v) is 3.58. The van der Waals surface area contributed by atoms with Crippen molar-refractivity contribution in [2.75, 3.05) is 16.8 Å². The minimum absolute atomic E-state index is 0.460. The fraction of sp³-hybridized carbons (Fsp3) is 0.545. The Balaban J connectivity index is 2.56. The highest BCUT2D eigenvalue weighted by Crippen LogP contribution is 2.18. The molecule has 0 aliphatic heterocycles. The van der Waals surface area contributed by atoms with Crippen molar-refractivity contribution in [3.63, 3.8) is 0 Å². The number of nitrogens with zero attached hydrogens (tertiary/aromatic N) is 1. The monoisotopic (exact) mass is 288 g/mol. The van der Waals surface area contributed by atoms with Crippen LogP contribution in [-0.2, 0) is 0 Å². The largest absolute Gasteiger partial charge is 0.367 e. The number of rotatable bonds is 5. The Kier molecular flexibility index (Phi) is 5.47. The molecule has 0 amide bonds. The van der Waals surface area contributed by atoms with Crippen molar-refractivity contribution in [3.8, 4) is 0 Å². The van der Waals surface area contributed by atoms with Crippen LogP contribution in [0.2, 0.25) is 0 Å². The molecule has 0 aromatic carbocycles. The van der Waals surface area contributed by atoms with E-state index in [9.17, 15) is 0 Å². The normalized spacial score (nSPS) is 12.5. The molecule has 0 spiro atoms. The Morgan fingerprint density at radius 2 is 2.33 bits per heavy atom. The second-order valence-corrected chi connectivity index (χ2v) is 5.76. The van der Waals surface area contributed by atoms with E-state index in [0.29, 0.717) is 6.04 Å². The summed E-state index contributed by atoms with van der Waals surface area (Å²) in [7, 11) is 0. The summed E-state index contributed by atoms with van der Waals surface area (Å²) in [5.74, 6) is 3.27. The summed E-state index contributed by atoms with van der Waals surface area (Å²) in [6, 6.07) is 2.54. The molecular formula is C11H17BrN2S. The SMILES string of the molecule is CCSCC(C)Nc1ncc(Br)cc1C. The summed E-state index contributed by atoms with van der Waals surface area (Å²) >= 11 is 5.35.